The molecule has 2 aliphatic carbocycles. The zero-order valence-electron chi connectivity index (χ0n) is 12.2. The molecule has 1 N–H and O–H groups in total. The highest BCUT2D eigenvalue weighted by molar-refractivity contribution is 7.10. The third-order valence-electron chi connectivity index (χ3n) is 5.56. The summed E-state index contributed by atoms with van der Waals surface area (Å²) in [5.74, 6) is 1.01. The lowest BCUT2D eigenvalue weighted by Gasteiger charge is -2.30. The van der Waals surface area contributed by atoms with Crippen LogP contribution >= 0.6 is 11.3 Å². The molecule has 3 fully saturated rings. The standard InChI is InChI=1S/C16H22N2OS/c1-11(2)15(5-6-15)10-18-13(12-4-3-9-20-12)17-16(7-8-16)14(18)19/h3-4,9,11,13,17H,5-8,10H2,1-2H3. The van der Waals surface area contributed by atoms with Crippen LogP contribution in [0.4, 0.5) is 0 Å². The topological polar surface area (TPSA) is 32.3 Å². The Morgan fingerprint density at radius 3 is 2.65 bits per heavy atom. The summed E-state index contributed by atoms with van der Waals surface area (Å²) < 4.78 is 0. The number of nitrogens with zero attached hydrogens (tertiary/aromatic N) is 1. The van der Waals surface area contributed by atoms with Gasteiger partial charge in [-0.05, 0) is 48.5 Å². The van der Waals surface area contributed by atoms with E-state index < -0.39 is 0 Å². The highest BCUT2D eigenvalue weighted by atomic mass is 32.1. The Labute approximate surface area is 124 Å². The number of hydrogen-bond acceptors (Lipinski definition) is 3. The SMILES string of the molecule is CC(C)C1(CN2C(=O)C3(CC3)NC2c2cccs2)CC1. The van der Waals surface area contributed by atoms with Crippen LogP contribution in [0.2, 0.25) is 0 Å². The second-order valence-electron chi connectivity index (χ2n) is 7.09. The Morgan fingerprint density at radius 2 is 2.15 bits per heavy atom. The number of carbonyl (C=O) groups excluding carboxylic acids is 1. The van der Waals surface area contributed by atoms with Crippen molar-refractivity contribution in [1.82, 2.24) is 10.2 Å². The molecule has 1 aliphatic heterocycles. The Balaban J connectivity index is 1.62. The predicted octanol–water partition coefficient (Wildman–Crippen LogP) is 3.15. The number of thiophene rings is 1. The van der Waals surface area contributed by atoms with Crippen LogP contribution in [0.25, 0.3) is 0 Å². The Kier molecular flexibility index (Phi) is 2.62. The quantitative estimate of drug-likeness (QED) is 0.924. The van der Waals surface area contributed by atoms with Gasteiger partial charge in [0.2, 0.25) is 5.91 Å². The smallest absolute Gasteiger partial charge is 0.244 e. The van der Waals surface area contributed by atoms with Crippen molar-refractivity contribution < 1.29 is 4.79 Å². The van der Waals surface area contributed by atoms with E-state index in [0.717, 1.165) is 19.4 Å². The molecule has 1 aromatic heterocycles. The second-order valence-corrected chi connectivity index (χ2v) is 8.07. The predicted molar refractivity (Wildman–Crippen MR) is 80.4 cm³/mol. The van der Waals surface area contributed by atoms with Crippen LogP contribution in [0, 0.1) is 11.3 Å². The van der Waals surface area contributed by atoms with Crippen molar-refractivity contribution in [2.45, 2.75) is 51.2 Å². The van der Waals surface area contributed by atoms with E-state index in [2.05, 4.69) is 41.6 Å². The van der Waals surface area contributed by atoms with E-state index in [9.17, 15) is 4.79 Å². The van der Waals surface area contributed by atoms with Gasteiger partial charge >= 0.3 is 0 Å². The molecular formula is C16H22N2OS. The van der Waals surface area contributed by atoms with Gasteiger partial charge in [-0.1, -0.05) is 19.9 Å². The Bertz CT molecular complexity index is 529. The summed E-state index contributed by atoms with van der Waals surface area (Å²) in [7, 11) is 0. The van der Waals surface area contributed by atoms with E-state index in [1.54, 1.807) is 11.3 Å². The maximum Gasteiger partial charge on any atom is 0.244 e. The molecule has 3 nitrogen and oxygen atoms in total. The van der Waals surface area contributed by atoms with Crippen LogP contribution in [-0.2, 0) is 4.79 Å². The first-order valence-corrected chi connectivity index (χ1v) is 8.57. The molecule has 1 spiro atoms. The minimum Gasteiger partial charge on any atom is -0.320 e. The molecule has 1 saturated heterocycles. The molecule has 3 aliphatic rings. The second kappa shape index (κ2) is 4.08. The molecule has 2 heterocycles. The lowest BCUT2D eigenvalue weighted by molar-refractivity contribution is -0.131. The molecule has 108 valence electrons. The van der Waals surface area contributed by atoms with Crippen LogP contribution in [0.1, 0.15) is 50.6 Å². The molecular weight excluding hydrogens is 268 g/mol. The van der Waals surface area contributed by atoms with Gasteiger partial charge in [-0.25, -0.2) is 0 Å². The summed E-state index contributed by atoms with van der Waals surface area (Å²) in [4.78, 5) is 16.2. The van der Waals surface area contributed by atoms with Crippen molar-refractivity contribution in [3.63, 3.8) is 0 Å². The van der Waals surface area contributed by atoms with Crippen LogP contribution in [0.15, 0.2) is 17.5 Å². The van der Waals surface area contributed by atoms with Gasteiger partial charge in [-0.3, -0.25) is 10.1 Å². The van der Waals surface area contributed by atoms with E-state index in [1.165, 1.54) is 17.7 Å². The first kappa shape index (κ1) is 12.8. The summed E-state index contributed by atoms with van der Waals surface area (Å²) in [5.41, 5.74) is 0.176. The van der Waals surface area contributed by atoms with E-state index in [1.807, 2.05) is 0 Å². The zero-order valence-corrected chi connectivity index (χ0v) is 13.0. The van der Waals surface area contributed by atoms with E-state index in [-0.39, 0.29) is 11.7 Å². The van der Waals surface area contributed by atoms with Crippen LogP contribution < -0.4 is 5.32 Å². The van der Waals surface area contributed by atoms with Gasteiger partial charge in [-0.15, -0.1) is 11.3 Å². The number of amides is 1. The molecule has 4 rings (SSSR count). The number of nitrogens with one attached hydrogen (secondary N) is 1. The van der Waals surface area contributed by atoms with Crippen molar-refractivity contribution >= 4 is 17.2 Å². The van der Waals surface area contributed by atoms with Crippen molar-refractivity contribution in [1.29, 1.82) is 0 Å². The lowest BCUT2D eigenvalue weighted by Crippen LogP contribution is -2.38. The molecule has 1 aromatic rings. The van der Waals surface area contributed by atoms with Crippen molar-refractivity contribution in [3.05, 3.63) is 22.4 Å². The molecule has 0 aromatic carbocycles. The molecule has 2 saturated carbocycles. The lowest BCUT2D eigenvalue weighted by atomic mass is 9.91. The summed E-state index contributed by atoms with van der Waals surface area (Å²) in [6.07, 6.45) is 4.69. The van der Waals surface area contributed by atoms with Crippen LogP contribution in [0.3, 0.4) is 0 Å². The summed E-state index contributed by atoms with van der Waals surface area (Å²) in [5, 5.41) is 5.72. The van der Waals surface area contributed by atoms with E-state index in [0.29, 0.717) is 17.2 Å². The van der Waals surface area contributed by atoms with E-state index >= 15 is 0 Å². The van der Waals surface area contributed by atoms with Crippen molar-refractivity contribution in [2.75, 3.05) is 6.54 Å². The van der Waals surface area contributed by atoms with E-state index in [4.69, 9.17) is 0 Å². The fraction of sp³-hybridized carbons (Fsp3) is 0.688. The van der Waals surface area contributed by atoms with Gasteiger partial charge in [0.15, 0.2) is 0 Å². The Hall–Kier alpha value is -0.870. The van der Waals surface area contributed by atoms with Gasteiger partial charge in [0.1, 0.15) is 11.7 Å². The average Bonchev–Trinajstić information content (AvgIpc) is 3.30. The maximum absolute atomic E-state index is 12.8. The highest BCUT2D eigenvalue weighted by Gasteiger charge is 2.61. The largest absolute Gasteiger partial charge is 0.320 e. The van der Waals surface area contributed by atoms with Gasteiger partial charge in [0.25, 0.3) is 0 Å². The number of rotatable bonds is 4. The third-order valence-corrected chi connectivity index (χ3v) is 6.48. The fourth-order valence-corrected chi connectivity index (χ4v) is 4.32. The molecule has 4 heteroatoms. The van der Waals surface area contributed by atoms with Gasteiger partial charge < -0.3 is 4.90 Å². The highest BCUT2D eigenvalue weighted by Crippen LogP contribution is 2.55. The first-order valence-electron chi connectivity index (χ1n) is 7.69. The fourth-order valence-electron chi connectivity index (χ4n) is 3.53. The third kappa shape index (κ3) is 1.77. The molecule has 20 heavy (non-hydrogen) atoms. The van der Waals surface area contributed by atoms with Gasteiger partial charge in [0, 0.05) is 11.4 Å². The first-order chi connectivity index (χ1) is 9.56. The number of hydrogen-bond donors (Lipinski definition) is 1. The maximum atomic E-state index is 12.8. The minimum atomic E-state index is -0.207. The average molecular weight is 290 g/mol. The summed E-state index contributed by atoms with van der Waals surface area (Å²) in [6.45, 7) is 5.53. The van der Waals surface area contributed by atoms with Gasteiger partial charge in [0.05, 0.1) is 0 Å². The molecule has 1 unspecified atom stereocenters. The summed E-state index contributed by atoms with van der Waals surface area (Å²) in [6, 6.07) is 4.23. The zero-order chi connectivity index (χ0) is 14.0. The van der Waals surface area contributed by atoms with Crippen LogP contribution in [0.5, 0.6) is 0 Å². The normalized spacial score (nSPS) is 29.4. The molecule has 1 amide bonds. The molecule has 0 radical (unpaired) electrons. The minimum absolute atomic E-state index is 0.112. The molecule has 1 atom stereocenters. The molecule has 0 bridgehead atoms. The summed E-state index contributed by atoms with van der Waals surface area (Å²) >= 11 is 1.75. The van der Waals surface area contributed by atoms with Gasteiger partial charge in [-0.2, -0.15) is 0 Å². The Morgan fingerprint density at radius 1 is 1.40 bits per heavy atom. The monoisotopic (exact) mass is 290 g/mol. The van der Waals surface area contributed by atoms with Crippen LogP contribution in [-0.4, -0.2) is 22.9 Å². The number of carbonyl (C=O) groups is 1. The van der Waals surface area contributed by atoms with Crippen molar-refractivity contribution in [2.24, 2.45) is 11.3 Å². The van der Waals surface area contributed by atoms with Crippen molar-refractivity contribution in [3.8, 4) is 0 Å².